The summed E-state index contributed by atoms with van der Waals surface area (Å²) >= 11 is 0. The summed E-state index contributed by atoms with van der Waals surface area (Å²) in [5.41, 5.74) is 3.90. The average molecular weight is 344 g/mol. The summed E-state index contributed by atoms with van der Waals surface area (Å²) in [6, 6.07) is 6.73. The molecule has 0 radical (unpaired) electrons. The van der Waals surface area contributed by atoms with Crippen molar-refractivity contribution in [2.75, 3.05) is 25.0 Å². The van der Waals surface area contributed by atoms with E-state index in [-0.39, 0.29) is 5.91 Å². The van der Waals surface area contributed by atoms with Crippen molar-refractivity contribution in [2.24, 2.45) is 5.41 Å². The van der Waals surface area contributed by atoms with Gasteiger partial charge in [-0.25, -0.2) is 0 Å². The molecule has 1 aromatic rings. The fourth-order valence-corrected chi connectivity index (χ4v) is 4.45. The number of aryl methyl sites for hydroxylation is 2. The van der Waals surface area contributed by atoms with Gasteiger partial charge in [-0.1, -0.05) is 17.7 Å². The van der Waals surface area contributed by atoms with E-state index in [0.717, 1.165) is 17.8 Å². The third-order valence-corrected chi connectivity index (χ3v) is 6.15. The summed E-state index contributed by atoms with van der Waals surface area (Å²) in [6.07, 6.45) is 8.45. The first-order valence-electron chi connectivity index (χ1n) is 9.88. The standard InChI is InChI=1S/C21H33N3O/c1-16-3-4-19(17(2)15-16)24-20(25)7-12-23-18-5-8-21(9-6-18)10-13-22-14-11-21/h3-4,15,18,22-23H,5-14H2,1-2H3,(H,24,25). The summed E-state index contributed by atoms with van der Waals surface area (Å²) in [6.45, 7) is 7.27. The maximum Gasteiger partial charge on any atom is 0.225 e. The number of carbonyl (C=O) groups is 1. The molecule has 2 fully saturated rings. The molecule has 1 aliphatic carbocycles. The molecule has 1 aromatic carbocycles. The van der Waals surface area contributed by atoms with Gasteiger partial charge in [0.1, 0.15) is 0 Å². The third-order valence-electron chi connectivity index (χ3n) is 6.15. The Bertz CT molecular complexity index is 583. The van der Waals surface area contributed by atoms with Crippen molar-refractivity contribution in [3.63, 3.8) is 0 Å². The van der Waals surface area contributed by atoms with E-state index in [9.17, 15) is 4.79 Å². The van der Waals surface area contributed by atoms with Gasteiger partial charge in [-0.2, -0.15) is 0 Å². The molecule has 0 atom stereocenters. The first kappa shape index (κ1) is 18.4. The van der Waals surface area contributed by atoms with Crippen LogP contribution in [-0.2, 0) is 4.79 Å². The Kier molecular flexibility index (Phi) is 6.13. The average Bonchev–Trinajstić information content (AvgIpc) is 2.60. The molecule has 0 unspecified atom stereocenters. The molecule has 0 aromatic heterocycles. The van der Waals surface area contributed by atoms with Gasteiger partial charge in [-0.05, 0) is 82.5 Å². The van der Waals surface area contributed by atoms with Crippen LogP contribution in [0.4, 0.5) is 5.69 Å². The summed E-state index contributed by atoms with van der Waals surface area (Å²) in [5, 5.41) is 10.1. The van der Waals surface area contributed by atoms with Gasteiger partial charge in [0.2, 0.25) is 5.91 Å². The van der Waals surface area contributed by atoms with Gasteiger partial charge in [0.05, 0.1) is 0 Å². The topological polar surface area (TPSA) is 53.2 Å². The number of nitrogens with one attached hydrogen (secondary N) is 3. The van der Waals surface area contributed by atoms with E-state index >= 15 is 0 Å². The lowest BCUT2D eigenvalue weighted by Crippen LogP contribution is -2.43. The van der Waals surface area contributed by atoms with Gasteiger partial charge in [0.15, 0.2) is 0 Å². The van der Waals surface area contributed by atoms with Crippen LogP contribution < -0.4 is 16.0 Å². The Labute approximate surface area is 152 Å². The maximum atomic E-state index is 12.2. The number of carbonyl (C=O) groups excluding carboxylic acids is 1. The number of piperidine rings is 1. The van der Waals surface area contributed by atoms with Crippen molar-refractivity contribution in [3.05, 3.63) is 29.3 Å². The zero-order valence-electron chi connectivity index (χ0n) is 15.8. The number of hydrogen-bond donors (Lipinski definition) is 3. The smallest absolute Gasteiger partial charge is 0.225 e. The lowest BCUT2D eigenvalue weighted by molar-refractivity contribution is -0.116. The van der Waals surface area contributed by atoms with Crippen LogP contribution in [0.3, 0.4) is 0 Å². The van der Waals surface area contributed by atoms with Crippen LogP contribution in [-0.4, -0.2) is 31.6 Å². The highest BCUT2D eigenvalue weighted by Crippen LogP contribution is 2.43. The molecule has 1 spiro atoms. The minimum absolute atomic E-state index is 0.102. The fourth-order valence-electron chi connectivity index (χ4n) is 4.45. The predicted octanol–water partition coefficient (Wildman–Crippen LogP) is 3.53. The van der Waals surface area contributed by atoms with Crippen LogP contribution in [0.1, 0.15) is 56.1 Å². The highest BCUT2D eigenvalue weighted by Gasteiger charge is 2.35. The maximum absolute atomic E-state index is 12.2. The quantitative estimate of drug-likeness (QED) is 0.766. The predicted molar refractivity (Wildman–Crippen MR) is 104 cm³/mol. The van der Waals surface area contributed by atoms with E-state index in [1.807, 2.05) is 19.1 Å². The number of anilines is 1. The second-order valence-corrected chi connectivity index (χ2v) is 8.09. The number of rotatable bonds is 5. The molecule has 4 nitrogen and oxygen atoms in total. The second kappa shape index (κ2) is 8.33. The fraction of sp³-hybridized carbons (Fsp3) is 0.667. The van der Waals surface area contributed by atoms with E-state index < -0.39 is 0 Å². The van der Waals surface area contributed by atoms with Crippen molar-refractivity contribution in [1.29, 1.82) is 0 Å². The molecular formula is C21H33N3O. The second-order valence-electron chi connectivity index (χ2n) is 8.09. The van der Waals surface area contributed by atoms with E-state index in [1.54, 1.807) is 0 Å². The van der Waals surface area contributed by atoms with E-state index in [1.165, 1.54) is 57.2 Å². The van der Waals surface area contributed by atoms with Crippen molar-refractivity contribution < 1.29 is 4.79 Å². The van der Waals surface area contributed by atoms with E-state index in [4.69, 9.17) is 0 Å². The molecule has 1 amide bonds. The Balaban J connectivity index is 1.36. The van der Waals surface area contributed by atoms with Gasteiger partial charge in [0.25, 0.3) is 0 Å². The molecule has 138 valence electrons. The molecule has 1 saturated heterocycles. The molecule has 0 bridgehead atoms. The van der Waals surface area contributed by atoms with Crippen molar-refractivity contribution in [3.8, 4) is 0 Å². The Hall–Kier alpha value is -1.39. The lowest BCUT2D eigenvalue weighted by atomic mass is 9.67. The van der Waals surface area contributed by atoms with Crippen LogP contribution >= 0.6 is 0 Å². The molecule has 2 aliphatic rings. The minimum atomic E-state index is 0.102. The highest BCUT2D eigenvalue weighted by atomic mass is 16.1. The van der Waals surface area contributed by atoms with Crippen molar-refractivity contribution >= 4 is 11.6 Å². The zero-order chi connectivity index (χ0) is 17.7. The summed E-state index contributed by atoms with van der Waals surface area (Å²) in [7, 11) is 0. The monoisotopic (exact) mass is 343 g/mol. The molecule has 25 heavy (non-hydrogen) atoms. The summed E-state index contributed by atoms with van der Waals surface area (Å²) in [5.74, 6) is 0.102. The zero-order valence-corrected chi connectivity index (χ0v) is 15.8. The Morgan fingerprint density at radius 1 is 1.16 bits per heavy atom. The molecule has 3 rings (SSSR count). The molecule has 1 aliphatic heterocycles. The van der Waals surface area contributed by atoms with Crippen LogP contribution in [0.15, 0.2) is 18.2 Å². The summed E-state index contributed by atoms with van der Waals surface area (Å²) in [4.78, 5) is 12.2. The Morgan fingerprint density at radius 2 is 1.88 bits per heavy atom. The van der Waals surface area contributed by atoms with E-state index in [2.05, 4.69) is 28.9 Å². The largest absolute Gasteiger partial charge is 0.326 e. The van der Waals surface area contributed by atoms with Gasteiger partial charge < -0.3 is 16.0 Å². The molecule has 3 N–H and O–H groups in total. The van der Waals surface area contributed by atoms with Crippen molar-refractivity contribution in [1.82, 2.24) is 10.6 Å². The van der Waals surface area contributed by atoms with Crippen LogP contribution in [0.25, 0.3) is 0 Å². The number of hydrogen-bond acceptors (Lipinski definition) is 3. The lowest BCUT2D eigenvalue weighted by Gasteiger charge is -2.43. The third kappa shape index (κ3) is 5.05. The van der Waals surface area contributed by atoms with Crippen molar-refractivity contribution in [2.45, 2.75) is 64.8 Å². The van der Waals surface area contributed by atoms with Crippen LogP contribution in [0.5, 0.6) is 0 Å². The SMILES string of the molecule is Cc1ccc(NC(=O)CCNC2CCC3(CCNCC3)CC2)c(C)c1. The van der Waals surface area contributed by atoms with Gasteiger partial charge in [-0.15, -0.1) is 0 Å². The minimum Gasteiger partial charge on any atom is -0.326 e. The van der Waals surface area contributed by atoms with Crippen LogP contribution in [0, 0.1) is 19.3 Å². The van der Waals surface area contributed by atoms with Crippen LogP contribution in [0.2, 0.25) is 0 Å². The molecular weight excluding hydrogens is 310 g/mol. The first-order chi connectivity index (χ1) is 12.1. The first-order valence-corrected chi connectivity index (χ1v) is 9.88. The molecule has 4 heteroatoms. The number of amides is 1. The molecule has 1 heterocycles. The van der Waals surface area contributed by atoms with E-state index in [0.29, 0.717) is 17.9 Å². The molecule has 1 saturated carbocycles. The van der Waals surface area contributed by atoms with Gasteiger partial charge in [0, 0.05) is 24.7 Å². The normalized spacial score (nSPS) is 20.6. The summed E-state index contributed by atoms with van der Waals surface area (Å²) < 4.78 is 0. The van der Waals surface area contributed by atoms with Gasteiger partial charge >= 0.3 is 0 Å². The Morgan fingerprint density at radius 3 is 2.56 bits per heavy atom. The highest BCUT2D eigenvalue weighted by molar-refractivity contribution is 5.91. The number of benzene rings is 1. The van der Waals surface area contributed by atoms with Gasteiger partial charge in [-0.3, -0.25) is 4.79 Å².